The van der Waals surface area contributed by atoms with Gasteiger partial charge in [-0.05, 0) is 36.4 Å². The summed E-state index contributed by atoms with van der Waals surface area (Å²) in [6, 6.07) is 15.4. The lowest BCUT2D eigenvalue weighted by Gasteiger charge is -2.12. The van der Waals surface area contributed by atoms with E-state index in [1.165, 1.54) is 6.07 Å². The van der Waals surface area contributed by atoms with Crippen molar-refractivity contribution in [3.63, 3.8) is 0 Å². The maximum Gasteiger partial charge on any atom is 0.416 e. The summed E-state index contributed by atoms with van der Waals surface area (Å²) in [7, 11) is 0. The van der Waals surface area contributed by atoms with Crippen molar-refractivity contribution in [2.24, 2.45) is 0 Å². The SMILES string of the molecule is FC(F)(F)c1cccc(-c2cc(Nc3ccncc3)nc(-c3ccccn3)n2)c1. The number of anilines is 2. The van der Waals surface area contributed by atoms with Crippen LogP contribution in [0.15, 0.2) is 79.3 Å². The third-order valence-corrected chi connectivity index (χ3v) is 4.06. The predicted molar refractivity (Wildman–Crippen MR) is 103 cm³/mol. The van der Waals surface area contributed by atoms with Crippen molar-refractivity contribution in [1.82, 2.24) is 19.9 Å². The zero-order chi connectivity index (χ0) is 20.3. The zero-order valence-corrected chi connectivity index (χ0v) is 14.9. The van der Waals surface area contributed by atoms with E-state index in [2.05, 4.69) is 25.3 Å². The van der Waals surface area contributed by atoms with E-state index in [1.54, 1.807) is 61.1 Å². The van der Waals surface area contributed by atoms with E-state index in [0.717, 1.165) is 17.8 Å². The van der Waals surface area contributed by atoms with E-state index in [-0.39, 0.29) is 0 Å². The summed E-state index contributed by atoms with van der Waals surface area (Å²) in [6.07, 6.45) is 0.407. The molecule has 29 heavy (non-hydrogen) atoms. The van der Waals surface area contributed by atoms with E-state index in [1.807, 2.05) is 0 Å². The van der Waals surface area contributed by atoms with Gasteiger partial charge in [-0.3, -0.25) is 9.97 Å². The Kier molecular flexibility index (Phi) is 4.90. The molecule has 0 aliphatic heterocycles. The Morgan fingerprint density at radius 2 is 1.59 bits per heavy atom. The molecule has 0 unspecified atom stereocenters. The van der Waals surface area contributed by atoms with Gasteiger partial charge < -0.3 is 5.32 Å². The largest absolute Gasteiger partial charge is 0.416 e. The number of pyridine rings is 2. The standard InChI is InChI=1S/C21H14F3N5/c22-21(23,24)15-5-3-4-14(12-15)18-13-19(27-16-7-10-25-11-8-16)29-20(28-18)17-6-1-2-9-26-17/h1-13H,(H,25,27,28,29). The maximum absolute atomic E-state index is 13.1. The van der Waals surface area contributed by atoms with Gasteiger partial charge in [0.1, 0.15) is 11.5 Å². The molecule has 3 aromatic heterocycles. The highest BCUT2D eigenvalue weighted by atomic mass is 19.4. The first-order valence-corrected chi connectivity index (χ1v) is 8.64. The van der Waals surface area contributed by atoms with Crippen molar-refractivity contribution < 1.29 is 13.2 Å². The van der Waals surface area contributed by atoms with Crippen LogP contribution in [0.25, 0.3) is 22.8 Å². The number of halogens is 3. The first-order chi connectivity index (χ1) is 14.0. The summed E-state index contributed by atoms with van der Waals surface area (Å²) in [4.78, 5) is 17.1. The monoisotopic (exact) mass is 393 g/mol. The van der Waals surface area contributed by atoms with Crippen molar-refractivity contribution in [1.29, 1.82) is 0 Å². The molecule has 0 saturated heterocycles. The van der Waals surface area contributed by atoms with Gasteiger partial charge in [0.05, 0.1) is 11.3 Å². The summed E-state index contributed by atoms with van der Waals surface area (Å²) < 4.78 is 39.4. The van der Waals surface area contributed by atoms with E-state index in [4.69, 9.17) is 0 Å². The number of alkyl halides is 3. The lowest BCUT2D eigenvalue weighted by atomic mass is 10.1. The minimum Gasteiger partial charge on any atom is -0.340 e. The average Bonchev–Trinajstić information content (AvgIpc) is 2.74. The van der Waals surface area contributed by atoms with Gasteiger partial charge in [-0.15, -0.1) is 0 Å². The second-order valence-corrected chi connectivity index (χ2v) is 6.12. The molecule has 4 aromatic rings. The average molecular weight is 393 g/mol. The van der Waals surface area contributed by atoms with Crippen LogP contribution in [0.4, 0.5) is 24.7 Å². The van der Waals surface area contributed by atoms with Crippen LogP contribution >= 0.6 is 0 Å². The van der Waals surface area contributed by atoms with Gasteiger partial charge in [0, 0.05) is 35.9 Å². The van der Waals surface area contributed by atoms with Crippen molar-refractivity contribution in [2.45, 2.75) is 6.18 Å². The number of rotatable bonds is 4. The summed E-state index contributed by atoms with van der Waals surface area (Å²) in [6.45, 7) is 0. The molecule has 144 valence electrons. The third kappa shape index (κ3) is 4.37. The number of benzene rings is 1. The smallest absolute Gasteiger partial charge is 0.340 e. The minimum atomic E-state index is -4.44. The molecule has 0 fully saturated rings. The fourth-order valence-corrected chi connectivity index (χ4v) is 2.71. The van der Waals surface area contributed by atoms with Crippen LogP contribution in [0.1, 0.15) is 5.56 Å². The van der Waals surface area contributed by atoms with Gasteiger partial charge in [-0.25, -0.2) is 9.97 Å². The Hall–Kier alpha value is -3.81. The van der Waals surface area contributed by atoms with Crippen LogP contribution < -0.4 is 5.32 Å². The maximum atomic E-state index is 13.1. The first kappa shape index (κ1) is 18.5. The number of hydrogen-bond donors (Lipinski definition) is 1. The number of nitrogens with zero attached hydrogens (tertiary/aromatic N) is 4. The molecule has 0 bridgehead atoms. The summed E-state index contributed by atoms with van der Waals surface area (Å²) >= 11 is 0. The molecule has 1 aromatic carbocycles. The van der Waals surface area contributed by atoms with Crippen molar-refractivity contribution >= 4 is 11.5 Å². The molecule has 0 spiro atoms. The molecule has 8 heteroatoms. The molecule has 0 aliphatic rings. The van der Waals surface area contributed by atoms with Crippen molar-refractivity contribution in [3.05, 3.63) is 84.8 Å². The van der Waals surface area contributed by atoms with Gasteiger partial charge in [0.15, 0.2) is 5.82 Å². The van der Waals surface area contributed by atoms with Crippen LogP contribution in [0.2, 0.25) is 0 Å². The van der Waals surface area contributed by atoms with Crippen LogP contribution in [0, 0.1) is 0 Å². The normalized spacial score (nSPS) is 11.3. The molecule has 4 rings (SSSR count). The Morgan fingerprint density at radius 3 is 2.31 bits per heavy atom. The van der Waals surface area contributed by atoms with Crippen LogP contribution in [-0.4, -0.2) is 19.9 Å². The Bertz CT molecular complexity index is 1120. The van der Waals surface area contributed by atoms with Gasteiger partial charge in [-0.2, -0.15) is 13.2 Å². The zero-order valence-electron chi connectivity index (χ0n) is 14.9. The molecule has 0 aliphatic carbocycles. The summed E-state index contributed by atoms with van der Waals surface area (Å²) in [5.41, 5.74) is 1.19. The van der Waals surface area contributed by atoms with E-state index >= 15 is 0 Å². The number of aromatic nitrogens is 4. The Balaban J connectivity index is 1.82. The predicted octanol–water partition coefficient (Wildman–Crippen LogP) is 5.36. The fourth-order valence-electron chi connectivity index (χ4n) is 2.71. The molecule has 3 heterocycles. The van der Waals surface area contributed by atoms with Gasteiger partial charge >= 0.3 is 6.18 Å². The van der Waals surface area contributed by atoms with Crippen molar-refractivity contribution in [3.8, 4) is 22.8 Å². The van der Waals surface area contributed by atoms with Gasteiger partial charge in [0.2, 0.25) is 0 Å². The number of nitrogens with one attached hydrogen (secondary N) is 1. The second-order valence-electron chi connectivity index (χ2n) is 6.12. The summed E-state index contributed by atoms with van der Waals surface area (Å²) in [5.74, 6) is 0.733. The van der Waals surface area contributed by atoms with Crippen LogP contribution in [0.3, 0.4) is 0 Å². The fraction of sp³-hybridized carbons (Fsp3) is 0.0476. The molecule has 5 nitrogen and oxygen atoms in total. The highest BCUT2D eigenvalue weighted by molar-refractivity contribution is 5.69. The van der Waals surface area contributed by atoms with E-state index in [9.17, 15) is 13.2 Å². The van der Waals surface area contributed by atoms with E-state index in [0.29, 0.717) is 28.6 Å². The molecular weight excluding hydrogens is 379 g/mol. The molecule has 0 amide bonds. The Morgan fingerprint density at radius 1 is 0.759 bits per heavy atom. The topological polar surface area (TPSA) is 63.6 Å². The molecule has 1 N–H and O–H groups in total. The lowest BCUT2D eigenvalue weighted by Crippen LogP contribution is -2.05. The molecule has 0 saturated carbocycles. The van der Waals surface area contributed by atoms with Gasteiger partial charge in [0.25, 0.3) is 0 Å². The number of hydrogen-bond acceptors (Lipinski definition) is 5. The van der Waals surface area contributed by atoms with E-state index < -0.39 is 11.7 Å². The molecule has 0 radical (unpaired) electrons. The first-order valence-electron chi connectivity index (χ1n) is 8.64. The highest BCUT2D eigenvalue weighted by Crippen LogP contribution is 2.32. The van der Waals surface area contributed by atoms with Crippen molar-refractivity contribution in [2.75, 3.05) is 5.32 Å². The van der Waals surface area contributed by atoms with Crippen LogP contribution in [0.5, 0.6) is 0 Å². The van der Waals surface area contributed by atoms with Crippen LogP contribution in [-0.2, 0) is 6.18 Å². The quantitative estimate of drug-likeness (QED) is 0.505. The lowest BCUT2D eigenvalue weighted by molar-refractivity contribution is -0.137. The summed E-state index contributed by atoms with van der Waals surface area (Å²) in [5, 5.41) is 3.13. The molecular formula is C21H14F3N5. The molecule has 0 atom stereocenters. The minimum absolute atomic E-state index is 0.303. The highest BCUT2D eigenvalue weighted by Gasteiger charge is 2.30. The van der Waals surface area contributed by atoms with Gasteiger partial charge in [-0.1, -0.05) is 18.2 Å². The third-order valence-electron chi connectivity index (χ3n) is 4.06. The Labute approximate surface area is 164 Å². The second kappa shape index (κ2) is 7.67.